The molecule has 0 spiro atoms. The summed E-state index contributed by atoms with van der Waals surface area (Å²) in [7, 11) is 0. The maximum Gasteiger partial charge on any atom is 0.258 e. The van der Waals surface area contributed by atoms with Gasteiger partial charge in [-0.3, -0.25) is 4.79 Å². The number of thiophene rings is 2. The molecule has 1 amide bonds. The average molecular weight is 183 g/mol. The lowest BCUT2D eigenvalue weighted by Crippen LogP contribution is -2.07. The molecule has 0 bridgehead atoms. The Morgan fingerprint density at radius 2 is 2.27 bits per heavy atom. The average Bonchev–Trinajstić information content (AvgIpc) is 2.40. The van der Waals surface area contributed by atoms with Crippen LogP contribution in [0.5, 0.6) is 0 Å². The van der Waals surface area contributed by atoms with Crippen molar-refractivity contribution in [1.82, 2.24) is 0 Å². The number of carbonyl (C=O) groups excluding carboxylic acids is 1. The van der Waals surface area contributed by atoms with Crippen molar-refractivity contribution in [2.24, 2.45) is 5.73 Å². The van der Waals surface area contributed by atoms with Crippen LogP contribution in [0.25, 0.3) is 10.1 Å². The third-order valence-corrected chi connectivity index (χ3v) is 3.43. The molecule has 0 unspecified atom stereocenters. The van der Waals surface area contributed by atoms with Crippen molar-refractivity contribution in [1.29, 1.82) is 0 Å². The highest BCUT2D eigenvalue weighted by atomic mass is 32.1. The van der Waals surface area contributed by atoms with Crippen LogP contribution in [-0.4, -0.2) is 5.91 Å². The van der Waals surface area contributed by atoms with Gasteiger partial charge in [0.15, 0.2) is 0 Å². The first kappa shape index (κ1) is 6.82. The zero-order chi connectivity index (χ0) is 7.84. The minimum atomic E-state index is -0.337. The number of hydrogen-bond donors (Lipinski definition) is 1. The molecule has 0 aromatic carbocycles. The summed E-state index contributed by atoms with van der Waals surface area (Å²) in [6.45, 7) is 0. The first-order chi connectivity index (χ1) is 5.27. The van der Waals surface area contributed by atoms with Crippen LogP contribution in [0.4, 0.5) is 0 Å². The third-order valence-electron chi connectivity index (χ3n) is 1.40. The van der Waals surface area contributed by atoms with Crippen LogP contribution >= 0.6 is 22.7 Å². The molecule has 0 aliphatic heterocycles. The van der Waals surface area contributed by atoms with Crippen molar-refractivity contribution in [3.63, 3.8) is 0 Å². The molecule has 2 N–H and O–H groups in total. The van der Waals surface area contributed by atoms with Gasteiger partial charge in [0, 0.05) is 15.5 Å². The predicted molar refractivity (Wildman–Crippen MR) is 48.2 cm³/mol. The maximum atomic E-state index is 10.7. The van der Waals surface area contributed by atoms with Crippen LogP contribution in [0.3, 0.4) is 0 Å². The van der Waals surface area contributed by atoms with Crippen LogP contribution in [0.15, 0.2) is 16.8 Å². The summed E-state index contributed by atoms with van der Waals surface area (Å²) in [5.41, 5.74) is 5.11. The predicted octanol–water partition coefficient (Wildman–Crippen LogP) is 2.06. The molecule has 0 atom stereocenters. The summed E-state index contributed by atoms with van der Waals surface area (Å²) in [5.74, 6) is -0.337. The molecule has 4 heteroatoms. The van der Waals surface area contributed by atoms with Crippen molar-refractivity contribution in [3.8, 4) is 0 Å². The second-order valence-electron chi connectivity index (χ2n) is 2.17. The lowest BCUT2D eigenvalue weighted by Gasteiger charge is -1.81. The molecule has 2 aromatic rings. The van der Waals surface area contributed by atoms with Gasteiger partial charge in [0.2, 0.25) is 0 Å². The SMILES string of the molecule is NC(=O)c1cc2cscc2s1. The minimum absolute atomic E-state index is 0.337. The van der Waals surface area contributed by atoms with E-state index in [4.69, 9.17) is 5.73 Å². The summed E-state index contributed by atoms with van der Waals surface area (Å²) in [6, 6.07) is 1.83. The molecule has 0 aliphatic carbocycles. The third kappa shape index (κ3) is 1.04. The molecule has 0 radical (unpaired) electrons. The van der Waals surface area contributed by atoms with E-state index in [1.54, 1.807) is 11.3 Å². The number of hydrogen-bond acceptors (Lipinski definition) is 3. The highest BCUT2D eigenvalue weighted by Crippen LogP contribution is 2.28. The largest absolute Gasteiger partial charge is 0.365 e. The van der Waals surface area contributed by atoms with Crippen molar-refractivity contribution in [3.05, 3.63) is 21.7 Å². The van der Waals surface area contributed by atoms with Crippen LogP contribution in [0, 0.1) is 0 Å². The van der Waals surface area contributed by atoms with Gasteiger partial charge in [0.05, 0.1) is 4.88 Å². The second kappa shape index (κ2) is 2.32. The fourth-order valence-corrected chi connectivity index (χ4v) is 2.76. The van der Waals surface area contributed by atoms with Crippen LogP contribution in [-0.2, 0) is 0 Å². The highest BCUT2D eigenvalue weighted by Gasteiger charge is 2.05. The zero-order valence-electron chi connectivity index (χ0n) is 5.53. The van der Waals surface area contributed by atoms with Crippen LogP contribution in [0.1, 0.15) is 9.67 Å². The minimum Gasteiger partial charge on any atom is -0.365 e. The number of rotatable bonds is 1. The van der Waals surface area contributed by atoms with E-state index in [1.807, 2.05) is 16.8 Å². The van der Waals surface area contributed by atoms with Gasteiger partial charge in [-0.15, -0.1) is 11.3 Å². The highest BCUT2D eigenvalue weighted by molar-refractivity contribution is 7.24. The van der Waals surface area contributed by atoms with Gasteiger partial charge in [-0.05, 0) is 11.4 Å². The monoisotopic (exact) mass is 183 g/mol. The lowest BCUT2D eigenvalue weighted by molar-refractivity contribution is 0.100. The molecule has 2 heterocycles. The van der Waals surface area contributed by atoms with E-state index in [-0.39, 0.29) is 5.91 Å². The van der Waals surface area contributed by atoms with Crippen molar-refractivity contribution >= 4 is 38.7 Å². The molecule has 0 saturated carbocycles. The molecule has 0 fully saturated rings. The number of fused-ring (bicyclic) bond motifs is 1. The quantitative estimate of drug-likeness (QED) is 0.722. The Morgan fingerprint density at radius 3 is 2.91 bits per heavy atom. The lowest BCUT2D eigenvalue weighted by atomic mass is 10.4. The standard InChI is InChI=1S/C7H5NOS2/c8-7(9)5-1-4-2-10-3-6(4)11-5/h1-3H,(H2,8,9). The smallest absolute Gasteiger partial charge is 0.258 e. The Kier molecular flexibility index (Phi) is 1.44. The van der Waals surface area contributed by atoms with E-state index in [0.717, 1.165) is 10.1 Å². The Labute approximate surface area is 71.3 Å². The Hall–Kier alpha value is -0.870. The molecular weight excluding hydrogens is 178 g/mol. The van der Waals surface area contributed by atoms with Crippen molar-refractivity contribution in [2.75, 3.05) is 0 Å². The molecule has 2 rings (SSSR count). The molecule has 11 heavy (non-hydrogen) atoms. The van der Waals surface area contributed by atoms with E-state index in [0.29, 0.717) is 4.88 Å². The van der Waals surface area contributed by atoms with Crippen molar-refractivity contribution < 1.29 is 4.79 Å². The molecule has 56 valence electrons. The summed E-state index contributed by atoms with van der Waals surface area (Å²) >= 11 is 3.09. The Balaban J connectivity index is 2.67. The van der Waals surface area contributed by atoms with Crippen molar-refractivity contribution in [2.45, 2.75) is 0 Å². The topological polar surface area (TPSA) is 43.1 Å². The summed E-state index contributed by atoms with van der Waals surface area (Å²) < 4.78 is 1.14. The van der Waals surface area contributed by atoms with E-state index >= 15 is 0 Å². The molecule has 2 aromatic heterocycles. The van der Waals surface area contributed by atoms with Gasteiger partial charge in [-0.1, -0.05) is 0 Å². The first-order valence-corrected chi connectivity index (χ1v) is 4.79. The van der Waals surface area contributed by atoms with Gasteiger partial charge in [-0.2, -0.15) is 11.3 Å². The maximum absolute atomic E-state index is 10.7. The van der Waals surface area contributed by atoms with Gasteiger partial charge < -0.3 is 5.73 Å². The zero-order valence-corrected chi connectivity index (χ0v) is 7.17. The molecular formula is C7H5NOS2. The second-order valence-corrected chi connectivity index (χ2v) is 3.99. The number of nitrogens with two attached hydrogens (primary N) is 1. The van der Waals surface area contributed by atoms with E-state index in [9.17, 15) is 4.79 Å². The Morgan fingerprint density at radius 1 is 1.45 bits per heavy atom. The van der Waals surface area contributed by atoms with Gasteiger partial charge >= 0.3 is 0 Å². The van der Waals surface area contributed by atoms with Gasteiger partial charge in [0.1, 0.15) is 0 Å². The number of primary amides is 1. The van der Waals surface area contributed by atoms with E-state index in [1.165, 1.54) is 11.3 Å². The van der Waals surface area contributed by atoms with Gasteiger partial charge in [-0.25, -0.2) is 0 Å². The molecule has 0 aliphatic rings. The summed E-state index contributed by atoms with van der Waals surface area (Å²) in [5, 5.41) is 5.15. The van der Waals surface area contributed by atoms with Crippen LogP contribution in [0.2, 0.25) is 0 Å². The molecule has 2 nitrogen and oxygen atoms in total. The van der Waals surface area contributed by atoms with E-state index in [2.05, 4.69) is 0 Å². The fourth-order valence-electron chi connectivity index (χ4n) is 0.894. The first-order valence-electron chi connectivity index (χ1n) is 3.03. The normalized spacial score (nSPS) is 10.5. The summed E-state index contributed by atoms with van der Waals surface area (Å²) in [6.07, 6.45) is 0. The number of carbonyl (C=O) groups is 1. The summed E-state index contributed by atoms with van der Waals surface area (Å²) in [4.78, 5) is 11.3. The fraction of sp³-hybridized carbons (Fsp3) is 0. The number of amides is 1. The van der Waals surface area contributed by atoms with Gasteiger partial charge in [0.25, 0.3) is 5.91 Å². The molecule has 0 saturated heterocycles. The van der Waals surface area contributed by atoms with Crippen LogP contribution < -0.4 is 5.73 Å². The van der Waals surface area contributed by atoms with E-state index < -0.39 is 0 Å². The Bertz CT molecular complexity index is 373.